The van der Waals surface area contributed by atoms with E-state index in [0.29, 0.717) is 23.0 Å². The molecule has 118 valence electrons. The first-order chi connectivity index (χ1) is 10.9. The third-order valence-corrected chi connectivity index (χ3v) is 4.80. The van der Waals surface area contributed by atoms with E-state index in [4.69, 9.17) is 18.8 Å². The van der Waals surface area contributed by atoms with Gasteiger partial charge in [0.2, 0.25) is 0 Å². The van der Waals surface area contributed by atoms with Crippen molar-refractivity contribution in [1.82, 2.24) is 0 Å². The van der Waals surface area contributed by atoms with E-state index in [1.807, 2.05) is 70.2 Å². The molecule has 0 aromatic heterocycles. The minimum atomic E-state index is -0.483. The van der Waals surface area contributed by atoms with Gasteiger partial charge in [0, 0.05) is 5.46 Å². The lowest BCUT2D eigenvalue weighted by Crippen LogP contribution is -2.41. The fourth-order valence-corrected chi connectivity index (χ4v) is 2.73. The van der Waals surface area contributed by atoms with E-state index in [-0.39, 0.29) is 0 Å². The smallest absolute Gasteiger partial charge is 0.450 e. The predicted octanol–water partition coefficient (Wildman–Crippen LogP) is 3.88. The summed E-state index contributed by atoms with van der Waals surface area (Å²) in [6.07, 6.45) is 0. The van der Waals surface area contributed by atoms with Gasteiger partial charge in [-0.1, -0.05) is 24.3 Å². The number of hydrogen-bond acceptors (Lipinski definition) is 4. The highest BCUT2D eigenvalue weighted by molar-refractivity contribution is 6.63. The molecule has 0 saturated carbocycles. The van der Waals surface area contributed by atoms with E-state index in [2.05, 4.69) is 0 Å². The number of rotatable bonds is 1. The van der Waals surface area contributed by atoms with Crippen molar-refractivity contribution in [3.05, 3.63) is 42.5 Å². The van der Waals surface area contributed by atoms with Crippen LogP contribution in [-0.2, 0) is 9.31 Å². The Hall–Kier alpha value is -1.98. The second-order valence-electron chi connectivity index (χ2n) is 6.91. The van der Waals surface area contributed by atoms with E-state index in [1.165, 1.54) is 0 Å². The third kappa shape index (κ3) is 2.23. The predicted molar refractivity (Wildman–Crippen MR) is 88.7 cm³/mol. The van der Waals surface area contributed by atoms with Crippen LogP contribution < -0.4 is 14.9 Å². The van der Waals surface area contributed by atoms with Gasteiger partial charge in [0.25, 0.3) is 0 Å². The first-order valence-corrected chi connectivity index (χ1v) is 7.81. The van der Waals surface area contributed by atoms with Crippen molar-refractivity contribution >= 4 is 12.6 Å². The van der Waals surface area contributed by atoms with Gasteiger partial charge >= 0.3 is 7.12 Å². The summed E-state index contributed by atoms with van der Waals surface area (Å²) in [5, 5.41) is 0. The molecule has 2 aliphatic heterocycles. The normalized spacial score (nSPS) is 20.3. The maximum atomic E-state index is 6.15. The van der Waals surface area contributed by atoms with Gasteiger partial charge in [0.1, 0.15) is 0 Å². The summed E-state index contributed by atoms with van der Waals surface area (Å²) in [6, 6.07) is 13.4. The van der Waals surface area contributed by atoms with E-state index in [9.17, 15) is 0 Å². The lowest BCUT2D eigenvalue weighted by molar-refractivity contribution is 0.00578. The molecule has 5 heteroatoms. The number of benzene rings is 2. The van der Waals surface area contributed by atoms with Crippen molar-refractivity contribution in [3.63, 3.8) is 0 Å². The van der Waals surface area contributed by atoms with Crippen molar-refractivity contribution in [2.45, 2.75) is 38.9 Å². The molecule has 2 aromatic rings. The van der Waals surface area contributed by atoms with Crippen molar-refractivity contribution in [2.24, 2.45) is 0 Å². The van der Waals surface area contributed by atoms with E-state index in [1.54, 1.807) is 0 Å². The maximum absolute atomic E-state index is 6.15. The molecule has 0 spiro atoms. The average molecular weight is 310 g/mol. The van der Waals surface area contributed by atoms with Gasteiger partial charge in [-0.15, -0.1) is 0 Å². The summed E-state index contributed by atoms with van der Waals surface area (Å²) in [6.45, 7) is 8.15. The number of hydrogen-bond donors (Lipinski definition) is 0. The van der Waals surface area contributed by atoms with Crippen LogP contribution in [0.5, 0.6) is 23.0 Å². The van der Waals surface area contributed by atoms with Gasteiger partial charge in [0.05, 0.1) is 11.2 Å². The standard InChI is InChI=1S/C18H19BO4/c1-17(2)18(3,4)23-19(22-17)12-8-7-11-15-16(12)21-14-10-6-5-9-13(14)20-15/h5-11H,1-4H3. The Morgan fingerprint density at radius 3 is 1.91 bits per heavy atom. The Kier molecular flexibility index (Phi) is 3.02. The second-order valence-corrected chi connectivity index (χ2v) is 6.91. The summed E-state index contributed by atoms with van der Waals surface area (Å²) in [7, 11) is -0.483. The molecule has 4 rings (SSSR count). The first-order valence-electron chi connectivity index (χ1n) is 7.81. The van der Waals surface area contributed by atoms with Gasteiger partial charge in [0.15, 0.2) is 23.0 Å². The van der Waals surface area contributed by atoms with E-state index < -0.39 is 18.3 Å². The average Bonchev–Trinajstić information content (AvgIpc) is 2.72. The Morgan fingerprint density at radius 1 is 0.696 bits per heavy atom. The third-order valence-electron chi connectivity index (χ3n) is 4.80. The van der Waals surface area contributed by atoms with Crippen molar-refractivity contribution < 1.29 is 18.8 Å². The second kappa shape index (κ2) is 4.76. The van der Waals surface area contributed by atoms with Crippen LogP contribution in [0.15, 0.2) is 42.5 Å². The summed E-state index contributed by atoms with van der Waals surface area (Å²) >= 11 is 0. The van der Waals surface area contributed by atoms with Gasteiger partial charge in [-0.25, -0.2) is 0 Å². The Labute approximate surface area is 136 Å². The van der Waals surface area contributed by atoms with Crippen LogP contribution in [0, 0.1) is 0 Å². The summed E-state index contributed by atoms with van der Waals surface area (Å²) in [4.78, 5) is 0. The van der Waals surface area contributed by atoms with Crippen LogP contribution in [0.1, 0.15) is 27.7 Å². The van der Waals surface area contributed by atoms with Crippen LogP contribution in [0.4, 0.5) is 0 Å². The van der Waals surface area contributed by atoms with Crippen LogP contribution in [-0.4, -0.2) is 18.3 Å². The molecule has 2 aromatic carbocycles. The molecule has 0 N–H and O–H groups in total. The molecule has 0 radical (unpaired) electrons. The Balaban J connectivity index is 1.74. The molecule has 23 heavy (non-hydrogen) atoms. The fraction of sp³-hybridized carbons (Fsp3) is 0.333. The summed E-state index contributed by atoms with van der Waals surface area (Å²) in [5.41, 5.74) is 0.0532. The molecular formula is C18H19BO4. The zero-order valence-electron chi connectivity index (χ0n) is 13.8. The molecule has 0 aliphatic carbocycles. The monoisotopic (exact) mass is 310 g/mol. The molecule has 0 amide bonds. The van der Waals surface area contributed by atoms with Gasteiger partial charge < -0.3 is 18.8 Å². The summed E-state index contributed by atoms with van der Waals surface area (Å²) in [5.74, 6) is 2.75. The van der Waals surface area contributed by atoms with Crippen molar-refractivity contribution in [2.75, 3.05) is 0 Å². The van der Waals surface area contributed by atoms with Gasteiger partial charge in [-0.05, 0) is 45.9 Å². The fourth-order valence-electron chi connectivity index (χ4n) is 2.73. The van der Waals surface area contributed by atoms with Gasteiger partial charge in [-0.2, -0.15) is 0 Å². The van der Waals surface area contributed by atoms with E-state index >= 15 is 0 Å². The Morgan fingerprint density at radius 2 is 1.26 bits per heavy atom. The highest BCUT2D eigenvalue weighted by Gasteiger charge is 2.53. The maximum Gasteiger partial charge on any atom is 0.498 e. The molecule has 0 unspecified atom stereocenters. The highest BCUT2D eigenvalue weighted by Crippen LogP contribution is 2.45. The zero-order chi connectivity index (χ0) is 16.2. The zero-order valence-corrected chi connectivity index (χ0v) is 13.8. The quantitative estimate of drug-likeness (QED) is 0.639. The van der Waals surface area contributed by atoms with Crippen LogP contribution in [0.25, 0.3) is 0 Å². The molecule has 2 heterocycles. The van der Waals surface area contributed by atoms with Crippen molar-refractivity contribution in [3.8, 4) is 23.0 Å². The number of fused-ring (bicyclic) bond motifs is 2. The highest BCUT2D eigenvalue weighted by atomic mass is 16.7. The molecule has 0 bridgehead atoms. The summed E-state index contributed by atoms with van der Waals surface area (Å²) < 4.78 is 24.3. The lowest BCUT2D eigenvalue weighted by atomic mass is 9.78. The molecular weight excluding hydrogens is 291 g/mol. The molecule has 1 saturated heterocycles. The minimum Gasteiger partial charge on any atom is -0.450 e. The molecule has 4 nitrogen and oxygen atoms in total. The minimum absolute atomic E-state index is 0.395. The topological polar surface area (TPSA) is 36.9 Å². The SMILES string of the molecule is CC1(C)OB(c2cccc3c2Oc2ccccc2O3)OC1(C)C. The molecule has 2 aliphatic rings. The van der Waals surface area contributed by atoms with E-state index in [0.717, 1.165) is 5.46 Å². The molecule has 1 fully saturated rings. The lowest BCUT2D eigenvalue weighted by Gasteiger charge is -2.32. The first kappa shape index (κ1) is 14.6. The molecule has 0 atom stereocenters. The van der Waals surface area contributed by atoms with Crippen LogP contribution >= 0.6 is 0 Å². The van der Waals surface area contributed by atoms with Crippen LogP contribution in [0.3, 0.4) is 0 Å². The van der Waals surface area contributed by atoms with Crippen LogP contribution in [0.2, 0.25) is 0 Å². The van der Waals surface area contributed by atoms with Gasteiger partial charge in [-0.3, -0.25) is 0 Å². The number of ether oxygens (including phenoxy) is 2. The largest absolute Gasteiger partial charge is 0.498 e. The Bertz CT molecular complexity index is 753. The van der Waals surface area contributed by atoms with Crippen molar-refractivity contribution in [1.29, 1.82) is 0 Å². The number of para-hydroxylation sites is 3.